The Bertz CT molecular complexity index is 47.8. The maximum Gasteiger partial charge on any atom is 0.00313 e. The van der Waals surface area contributed by atoms with Gasteiger partial charge in [-0.1, -0.05) is 71.4 Å². The molecule has 0 aliphatic carbocycles. The van der Waals surface area contributed by atoms with Gasteiger partial charge in [-0.3, -0.25) is 0 Å². The van der Waals surface area contributed by atoms with Crippen molar-refractivity contribution < 1.29 is 0 Å². The number of alkyl halides is 2. The fourth-order valence-corrected chi connectivity index (χ4v) is 1.34. The Morgan fingerprint density at radius 3 is 1.17 bits per heavy atom. The third-order valence-corrected chi connectivity index (χ3v) is 2.64. The monoisotopic (exact) mass is 300 g/mol. The van der Waals surface area contributed by atoms with Crippen molar-refractivity contribution >= 4 is 31.9 Å². The van der Waals surface area contributed by atoms with E-state index in [1.807, 2.05) is 0 Å². The van der Waals surface area contributed by atoms with Gasteiger partial charge in [-0.2, -0.15) is 0 Å². The van der Waals surface area contributed by atoms with Gasteiger partial charge in [0.05, 0.1) is 0 Å². The molecule has 12 heavy (non-hydrogen) atoms. The Morgan fingerprint density at radius 2 is 1.00 bits per heavy atom. The summed E-state index contributed by atoms with van der Waals surface area (Å²) in [7, 11) is 0. The summed E-state index contributed by atoms with van der Waals surface area (Å²) < 4.78 is 0. The molecule has 0 radical (unpaired) electrons. The number of halogens is 2. The minimum absolute atomic E-state index is 1.16. The zero-order valence-electron chi connectivity index (χ0n) is 8.41. The van der Waals surface area contributed by atoms with E-state index in [2.05, 4.69) is 45.7 Å². The maximum atomic E-state index is 3.39. The highest BCUT2D eigenvalue weighted by Crippen LogP contribution is 2.02. The molecule has 0 saturated heterocycles. The van der Waals surface area contributed by atoms with Crippen molar-refractivity contribution in [2.24, 2.45) is 0 Å². The standard InChI is InChI=1S/C6H12Br2.C4H10/c7-5-3-1-2-4-6-8;1-3-4-2/h1-6H2;3-4H2,1-2H3. The van der Waals surface area contributed by atoms with Gasteiger partial charge < -0.3 is 0 Å². The molecule has 0 saturated carbocycles. The van der Waals surface area contributed by atoms with Gasteiger partial charge in [-0.05, 0) is 12.8 Å². The largest absolute Gasteiger partial charge is 0.0928 e. The van der Waals surface area contributed by atoms with Crippen molar-refractivity contribution in [2.75, 3.05) is 10.7 Å². The van der Waals surface area contributed by atoms with Crippen LogP contribution in [0.5, 0.6) is 0 Å². The summed E-state index contributed by atoms with van der Waals surface area (Å²) in [5.74, 6) is 0. The van der Waals surface area contributed by atoms with Gasteiger partial charge >= 0.3 is 0 Å². The second-order valence-electron chi connectivity index (χ2n) is 2.79. The maximum absolute atomic E-state index is 3.39. The molecule has 0 bridgehead atoms. The molecule has 0 N–H and O–H groups in total. The minimum Gasteiger partial charge on any atom is -0.0928 e. The Labute approximate surface area is 94.8 Å². The summed E-state index contributed by atoms with van der Waals surface area (Å²) >= 11 is 6.78. The van der Waals surface area contributed by atoms with Crippen molar-refractivity contribution in [1.29, 1.82) is 0 Å². The van der Waals surface area contributed by atoms with Crippen LogP contribution in [-0.2, 0) is 0 Å². The number of hydrogen-bond donors (Lipinski definition) is 0. The van der Waals surface area contributed by atoms with E-state index in [4.69, 9.17) is 0 Å². The normalized spacial score (nSPS) is 9.00. The average Bonchev–Trinajstić information content (AvgIpc) is 2.13. The summed E-state index contributed by atoms with van der Waals surface area (Å²) in [6, 6.07) is 0. The van der Waals surface area contributed by atoms with E-state index in [0.717, 1.165) is 10.7 Å². The van der Waals surface area contributed by atoms with Crippen LogP contribution < -0.4 is 0 Å². The second kappa shape index (κ2) is 17.9. The SMILES string of the molecule is BrCCCCCCBr.CCCC. The Hall–Kier alpha value is 0.960. The molecule has 0 aromatic carbocycles. The van der Waals surface area contributed by atoms with Gasteiger partial charge in [-0.25, -0.2) is 0 Å². The zero-order chi connectivity index (χ0) is 9.66. The third kappa shape index (κ3) is 22.4. The molecule has 0 aromatic rings. The molecule has 0 aliphatic rings. The fourth-order valence-electron chi connectivity index (χ4n) is 0.543. The summed E-state index contributed by atoms with van der Waals surface area (Å²) in [5.41, 5.74) is 0. The van der Waals surface area contributed by atoms with Crippen LogP contribution in [0, 0.1) is 0 Å². The molecule has 0 unspecified atom stereocenters. The molecule has 0 aliphatic heterocycles. The number of hydrogen-bond acceptors (Lipinski definition) is 0. The Balaban J connectivity index is 0. The lowest BCUT2D eigenvalue weighted by Crippen LogP contribution is -1.78. The van der Waals surface area contributed by atoms with Gasteiger partial charge in [0.15, 0.2) is 0 Å². The molecule has 0 spiro atoms. The van der Waals surface area contributed by atoms with E-state index < -0.39 is 0 Å². The van der Waals surface area contributed by atoms with Crippen LogP contribution in [0.25, 0.3) is 0 Å². The van der Waals surface area contributed by atoms with E-state index in [0.29, 0.717) is 0 Å². The van der Waals surface area contributed by atoms with Crippen LogP contribution in [0.1, 0.15) is 52.4 Å². The Morgan fingerprint density at radius 1 is 0.667 bits per heavy atom. The summed E-state index contributed by atoms with van der Waals surface area (Å²) in [5, 5.41) is 2.32. The predicted octanol–water partition coefficient (Wildman–Crippen LogP) is 5.14. The molecular formula is C10H22Br2. The van der Waals surface area contributed by atoms with Crippen molar-refractivity contribution in [3.8, 4) is 0 Å². The van der Waals surface area contributed by atoms with Gasteiger partial charge in [0.25, 0.3) is 0 Å². The van der Waals surface area contributed by atoms with Gasteiger partial charge in [0.1, 0.15) is 0 Å². The molecule has 0 fully saturated rings. The van der Waals surface area contributed by atoms with Gasteiger partial charge in [0.2, 0.25) is 0 Å². The smallest absolute Gasteiger partial charge is 0.00313 e. The molecule has 76 valence electrons. The van der Waals surface area contributed by atoms with E-state index in [-0.39, 0.29) is 0 Å². The fraction of sp³-hybridized carbons (Fsp3) is 1.00. The van der Waals surface area contributed by atoms with Crippen molar-refractivity contribution in [3.05, 3.63) is 0 Å². The van der Waals surface area contributed by atoms with E-state index in [9.17, 15) is 0 Å². The van der Waals surface area contributed by atoms with Crippen LogP contribution in [0.4, 0.5) is 0 Å². The van der Waals surface area contributed by atoms with Gasteiger partial charge in [0, 0.05) is 10.7 Å². The van der Waals surface area contributed by atoms with Crippen LogP contribution in [0.15, 0.2) is 0 Å². The van der Waals surface area contributed by atoms with E-state index in [1.165, 1.54) is 38.5 Å². The molecule has 0 nitrogen and oxygen atoms in total. The average molecular weight is 302 g/mol. The first kappa shape index (κ1) is 15.4. The third-order valence-electron chi connectivity index (χ3n) is 1.52. The number of rotatable bonds is 6. The topological polar surface area (TPSA) is 0 Å². The molecular weight excluding hydrogens is 280 g/mol. The zero-order valence-corrected chi connectivity index (χ0v) is 11.6. The molecule has 0 rings (SSSR count). The second-order valence-corrected chi connectivity index (χ2v) is 4.38. The molecule has 0 aromatic heterocycles. The first-order valence-electron chi connectivity index (χ1n) is 4.95. The summed E-state index contributed by atoms with van der Waals surface area (Å²) in [6.07, 6.45) is 8.04. The summed E-state index contributed by atoms with van der Waals surface area (Å²) in [4.78, 5) is 0. The predicted molar refractivity (Wildman–Crippen MR) is 66.6 cm³/mol. The molecule has 0 heterocycles. The summed E-state index contributed by atoms with van der Waals surface area (Å²) in [6.45, 7) is 4.36. The highest BCUT2D eigenvalue weighted by atomic mass is 79.9. The lowest BCUT2D eigenvalue weighted by molar-refractivity contribution is 0.715. The lowest BCUT2D eigenvalue weighted by atomic mass is 10.2. The molecule has 0 atom stereocenters. The lowest BCUT2D eigenvalue weighted by Gasteiger charge is -1.92. The quantitative estimate of drug-likeness (QED) is 0.470. The highest BCUT2D eigenvalue weighted by molar-refractivity contribution is 9.09. The molecule has 0 amide bonds. The van der Waals surface area contributed by atoms with Crippen LogP contribution in [-0.4, -0.2) is 10.7 Å². The van der Waals surface area contributed by atoms with Gasteiger partial charge in [-0.15, -0.1) is 0 Å². The Kier molecular flexibility index (Phi) is 23.0. The van der Waals surface area contributed by atoms with Crippen LogP contribution in [0.2, 0.25) is 0 Å². The van der Waals surface area contributed by atoms with E-state index in [1.54, 1.807) is 0 Å². The van der Waals surface area contributed by atoms with Crippen molar-refractivity contribution in [1.82, 2.24) is 0 Å². The van der Waals surface area contributed by atoms with E-state index >= 15 is 0 Å². The minimum atomic E-state index is 1.16. The first-order valence-corrected chi connectivity index (χ1v) is 7.19. The first-order chi connectivity index (χ1) is 5.83. The molecule has 2 heteroatoms. The van der Waals surface area contributed by atoms with Crippen molar-refractivity contribution in [3.63, 3.8) is 0 Å². The number of unbranched alkanes of at least 4 members (excludes halogenated alkanes) is 4. The highest BCUT2D eigenvalue weighted by Gasteiger charge is 1.84. The van der Waals surface area contributed by atoms with Crippen LogP contribution >= 0.6 is 31.9 Å². The van der Waals surface area contributed by atoms with Crippen molar-refractivity contribution in [2.45, 2.75) is 52.4 Å². The van der Waals surface area contributed by atoms with Crippen LogP contribution in [0.3, 0.4) is 0 Å².